The van der Waals surface area contributed by atoms with Crippen LogP contribution in [0.5, 0.6) is 17.2 Å². The molecule has 2 rings (SSSR count). The van der Waals surface area contributed by atoms with Gasteiger partial charge in [0.2, 0.25) is 5.75 Å². The van der Waals surface area contributed by atoms with E-state index in [9.17, 15) is 9.59 Å². The number of imide groups is 1. The van der Waals surface area contributed by atoms with Gasteiger partial charge in [-0.25, -0.2) is 0 Å². The van der Waals surface area contributed by atoms with Crippen molar-refractivity contribution in [1.82, 2.24) is 4.90 Å². The topological polar surface area (TPSA) is 65.1 Å². The van der Waals surface area contributed by atoms with E-state index in [2.05, 4.69) is 0 Å². The number of benzene rings is 1. The van der Waals surface area contributed by atoms with E-state index < -0.39 is 0 Å². The Morgan fingerprint density at radius 1 is 1.09 bits per heavy atom. The van der Waals surface area contributed by atoms with Crippen LogP contribution in [-0.2, 0) is 4.79 Å². The zero-order valence-corrected chi connectivity index (χ0v) is 13.7. The maximum atomic E-state index is 12.1. The molecule has 1 fully saturated rings. The van der Waals surface area contributed by atoms with Crippen LogP contribution in [0.1, 0.15) is 12.5 Å². The molecule has 1 saturated heterocycles. The molecule has 7 heteroatoms. The number of ether oxygens (including phenoxy) is 3. The summed E-state index contributed by atoms with van der Waals surface area (Å²) >= 11 is 0.924. The molecule has 0 radical (unpaired) electrons. The van der Waals surface area contributed by atoms with Crippen LogP contribution >= 0.6 is 11.8 Å². The zero-order valence-electron chi connectivity index (χ0n) is 12.8. The molecule has 0 aromatic heterocycles. The smallest absolute Gasteiger partial charge is 0.293 e. The molecule has 6 nitrogen and oxygen atoms in total. The highest BCUT2D eigenvalue weighted by atomic mass is 32.2. The lowest BCUT2D eigenvalue weighted by atomic mass is 10.1. The molecule has 118 valence electrons. The summed E-state index contributed by atoms with van der Waals surface area (Å²) in [6.45, 7) is 2.12. The number of carbonyl (C=O) groups is 2. The lowest BCUT2D eigenvalue weighted by Crippen LogP contribution is -2.27. The Bertz CT molecular complexity index is 616. The number of methoxy groups -OCH3 is 3. The number of nitrogens with zero attached hydrogens (tertiary/aromatic N) is 1. The SMILES string of the molecule is CCN1C(=O)SC(=Cc2cc(OC)c(OC)c(OC)c2)C1=O. The third kappa shape index (κ3) is 2.89. The maximum Gasteiger partial charge on any atom is 0.293 e. The highest BCUT2D eigenvalue weighted by Crippen LogP contribution is 2.40. The first-order valence-corrected chi connectivity index (χ1v) is 7.42. The fourth-order valence-corrected chi connectivity index (χ4v) is 3.01. The van der Waals surface area contributed by atoms with Gasteiger partial charge < -0.3 is 14.2 Å². The van der Waals surface area contributed by atoms with Gasteiger partial charge in [-0.05, 0) is 42.5 Å². The average Bonchev–Trinajstić information content (AvgIpc) is 2.79. The number of likely N-dealkylation sites (N-methyl/N-ethyl adjacent to an activating group) is 1. The van der Waals surface area contributed by atoms with Crippen LogP contribution in [0, 0.1) is 0 Å². The third-order valence-electron chi connectivity index (χ3n) is 3.17. The van der Waals surface area contributed by atoms with E-state index in [0.29, 0.717) is 34.3 Å². The molecule has 1 aromatic carbocycles. The maximum absolute atomic E-state index is 12.1. The van der Waals surface area contributed by atoms with Crippen molar-refractivity contribution in [3.05, 3.63) is 22.6 Å². The molecule has 1 aliphatic heterocycles. The minimum atomic E-state index is -0.286. The van der Waals surface area contributed by atoms with Crippen LogP contribution in [0.2, 0.25) is 0 Å². The summed E-state index contributed by atoms with van der Waals surface area (Å²) < 4.78 is 15.8. The van der Waals surface area contributed by atoms with E-state index in [1.807, 2.05) is 0 Å². The van der Waals surface area contributed by atoms with Gasteiger partial charge in [-0.2, -0.15) is 0 Å². The molecule has 1 aliphatic rings. The minimum Gasteiger partial charge on any atom is -0.493 e. The minimum absolute atomic E-state index is 0.258. The fourth-order valence-electron chi connectivity index (χ4n) is 2.11. The summed E-state index contributed by atoms with van der Waals surface area (Å²) in [5.41, 5.74) is 0.691. The summed E-state index contributed by atoms with van der Waals surface area (Å²) in [4.78, 5) is 25.4. The predicted molar refractivity (Wildman–Crippen MR) is 84.4 cm³/mol. The highest BCUT2D eigenvalue weighted by molar-refractivity contribution is 8.18. The molecular weight excluding hydrogens is 306 g/mol. The van der Waals surface area contributed by atoms with E-state index in [1.165, 1.54) is 26.2 Å². The Balaban J connectivity index is 2.44. The van der Waals surface area contributed by atoms with Gasteiger partial charge in [-0.1, -0.05) is 0 Å². The van der Waals surface area contributed by atoms with E-state index >= 15 is 0 Å². The molecule has 0 bridgehead atoms. The Labute approximate surface area is 133 Å². The van der Waals surface area contributed by atoms with Gasteiger partial charge in [0.25, 0.3) is 11.1 Å². The zero-order chi connectivity index (χ0) is 16.3. The van der Waals surface area contributed by atoms with Crippen molar-refractivity contribution in [3.8, 4) is 17.2 Å². The van der Waals surface area contributed by atoms with Crippen molar-refractivity contribution in [2.24, 2.45) is 0 Å². The van der Waals surface area contributed by atoms with E-state index in [0.717, 1.165) is 11.8 Å². The molecule has 22 heavy (non-hydrogen) atoms. The van der Waals surface area contributed by atoms with Crippen LogP contribution in [0.4, 0.5) is 4.79 Å². The second-order valence-corrected chi connectivity index (χ2v) is 5.38. The largest absolute Gasteiger partial charge is 0.493 e. The summed E-state index contributed by atoms with van der Waals surface area (Å²) in [5.74, 6) is 1.17. The number of carbonyl (C=O) groups excluding carboxylic acids is 2. The van der Waals surface area contributed by atoms with Crippen molar-refractivity contribution in [3.63, 3.8) is 0 Å². The molecule has 0 unspecified atom stereocenters. The van der Waals surface area contributed by atoms with Gasteiger partial charge in [0.05, 0.1) is 26.2 Å². The molecule has 0 aliphatic carbocycles. The monoisotopic (exact) mass is 323 g/mol. The van der Waals surface area contributed by atoms with Crippen LogP contribution < -0.4 is 14.2 Å². The van der Waals surface area contributed by atoms with E-state index in [-0.39, 0.29) is 11.1 Å². The van der Waals surface area contributed by atoms with Crippen LogP contribution in [0.25, 0.3) is 6.08 Å². The summed E-state index contributed by atoms with van der Waals surface area (Å²) in [6.07, 6.45) is 1.64. The molecule has 0 atom stereocenters. The number of thioether (sulfide) groups is 1. The average molecular weight is 323 g/mol. The normalized spacial score (nSPS) is 16.4. The standard InChI is InChI=1S/C15H17NO5S/c1-5-16-14(17)12(22-15(16)18)8-9-6-10(19-2)13(21-4)11(7-9)20-3/h6-8H,5H2,1-4H3. The second kappa shape index (κ2) is 6.74. The van der Waals surface area contributed by atoms with Crippen molar-refractivity contribution in [2.45, 2.75) is 6.92 Å². The summed E-state index contributed by atoms with van der Waals surface area (Å²) in [6, 6.07) is 3.45. The van der Waals surface area contributed by atoms with Crippen LogP contribution in [0.3, 0.4) is 0 Å². The number of hydrogen-bond acceptors (Lipinski definition) is 6. The summed E-state index contributed by atoms with van der Waals surface area (Å²) in [7, 11) is 4.56. The third-order valence-corrected chi connectivity index (χ3v) is 4.08. The number of rotatable bonds is 5. The van der Waals surface area contributed by atoms with Crippen molar-refractivity contribution >= 4 is 29.0 Å². The Hall–Kier alpha value is -2.15. The highest BCUT2D eigenvalue weighted by Gasteiger charge is 2.33. The van der Waals surface area contributed by atoms with Gasteiger partial charge in [0, 0.05) is 6.54 Å². The molecule has 1 heterocycles. The van der Waals surface area contributed by atoms with Crippen molar-refractivity contribution < 1.29 is 23.8 Å². The van der Waals surface area contributed by atoms with E-state index in [1.54, 1.807) is 25.1 Å². The molecule has 1 aromatic rings. The van der Waals surface area contributed by atoms with Gasteiger partial charge in [-0.3, -0.25) is 14.5 Å². The first-order valence-electron chi connectivity index (χ1n) is 6.61. The van der Waals surface area contributed by atoms with Crippen LogP contribution in [-0.4, -0.2) is 43.9 Å². The quantitative estimate of drug-likeness (QED) is 0.776. The van der Waals surface area contributed by atoms with Gasteiger partial charge in [0.1, 0.15) is 0 Å². The predicted octanol–water partition coefficient (Wildman–Crippen LogP) is 2.77. The first kappa shape index (κ1) is 16.2. The van der Waals surface area contributed by atoms with Crippen LogP contribution in [0.15, 0.2) is 17.0 Å². The fraction of sp³-hybridized carbons (Fsp3) is 0.333. The lowest BCUT2D eigenvalue weighted by molar-refractivity contribution is -0.122. The van der Waals surface area contributed by atoms with Gasteiger partial charge >= 0.3 is 0 Å². The lowest BCUT2D eigenvalue weighted by Gasteiger charge is -2.13. The summed E-state index contributed by atoms with van der Waals surface area (Å²) in [5, 5.41) is -0.258. The van der Waals surface area contributed by atoms with E-state index in [4.69, 9.17) is 14.2 Å². The molecular formula is C15H17NO5S. The number of amides is 2. The first-order chi connectivity index (χ1) is 10.5. The van der Waals surface area contributed by atoms with Gasteiger partial charge in [-0.15, -0.1) is 0 Å². The van der Waals surface area contributed by atoms with Crippen molar-refractivity contribution in [1.29, 1.82) is 0 Å². The Morgan fingerprint density at radius 3 is 2.09 bits per heavy atom. The molecule has 0 saturated carbocycles. The molecule has 0 N–H and O–H groups in total. The second-order valence-electron chi connectivity index (χ2n) is 4.38. The van der Waals surface area contributed by atoms with Gasteiger partial charge in [0.15, 0.2) is 11.5 Å². The Kier molecular flexibility index (Phi) is 4.97. The molecule has 0 spiro atoms. The van der Waals surface area contributed by atoms with Crippen molar-refractivity contribution in [2.75, 3.05) is 27.9 Å². The number of hydrogen-bond donors (Lipinski definition) is 0. The Morgan fingerprint density at radius 2 is 1.68 bits per heavy atom. The molecule has 2 amide bonds.